The standard InChI is InChI=1S/C26H28IN3O5S/c1-3-34-21-15-18(14-20(27)24(21)35-4-2)16-22-25(32)30(26(33)36-22)17-23(31)29-12-10-28(11-13-29)19-8-6-5-7-9-19/h5-9,14-16H,3-4,10-13,17H2,1-2H3/b22-16+. The molecule has 0 aromatic heterocycles. The minimum atomic E-state index is -0.455. The van der Waals surface area contributed by atoms with Crippen LogP contribution in [0.2, 0.25) is 0 Å². The molecule has 0 bridgehead atoms. The number of carbonyl (C=O) groups excluding carboxylic acids is 3. The normalized spacial score (nSPS) is 17.2. The summed E-state index contributed by atoms with van der Waals surface area (Å²) < 4.78 is 12.3. The summed E-state index contributed by atoms with van der Waals surface area (Å²) in [5.74, 6) is 0.563. The van der Waals surface area contributed by atoms with Crippen LogP contribution in [-0.2, 0) is 9.59 Å². The third kappa shape index (κ3) is 5.97. The van der Waals surface area contributed by atoms with Crippen LogP contribution >= 0.6 is 34.4 Å². The van der Waals surface area contributed by atoms with E-state index in [-0.39, 0.29) is 17.4 Å². The minimum Gasteiger partial charge on any atom is -0.490 e. The third-order valence-corrected chi connectivity index (χ3v) is 7.55. The number of nitrogens with zero attached hydrogens (tertiary/aromatic N) is 3. The fraction of sp³-hybridized carbons (Fsp3) is 0.346. The number of para-hydroxylation sites is 1. The lowest BCUT2D eigenvalue weighted by Gasteiger charge is -2.36. The Morgan fingerprint density at radius 1 is 1.03 bits per heavy atom. The summed E-state index contributed by atoms with van der Waals surface area (Å²) >= 11 is 3.01. The number of amides is 3. The van der Waals surface area contributed by atoms with Crippen molar-refractivity contribution in [3.05, 3.63) is 56.5 Å². The van der Waals surface area contributed by atoms with E-state index >= 15 is 0 Å². The van der Waals surface area contributed by atoms with E-state index in [0.29, 0.717) is 50.9 Å². The summed E-state index contributed by atoms with van der Waals surface area (Å²) in [6.07, 6.45) is 1.66. The second-order valence-electron chi connectivity index (χ2n) is 8.17. The number of imide groups is 1. The first-order valence-electron chi connectivity index (χ1n) is 11.8. The summed E-state index contributed by atoms with van der Waals surface area (Å²) in [6.45, 7) is 7.01. The van der Waals surface area contributed by atoms with Crippen LogP contribution in [0.3, 0.4) is 0 Å². The molecule has 8 nitrogen and oxygen atoms in total. The Labute approximate surface area is 228 Å². The van der Waals surface area contributed by atoms with Gasteiger partial charge >= 0.3 is 0 Å². The largest absolute Gasteiger partial charge is 0.490 e. The van der Waals surface area contributed by atoms with E-state index in [4.69, 9.17) is 9.47 Å². The fourth-order valence-corrected chi connectivity index (χ4v) is 5.71. The minimum absolute atomic E-state index is 0.222. The Morgan fingerprint density at radius 3 is 2.39 bits per heavy atom. The van der Waals surface area contributed by atoms with E-state index in [1.807, 2.05) is 50.2 Å². The molecule has 0 saturated carbocycles. The molecule has 2 saturated heterocycles. The Bertz CT molecular complexity index is 1170. The molecule has 4 rings (SSSR count). The summed E-state index contributed by atoms with van der Waals surface area (Å²) in [5, 5.41) is -0.437. The molecule has 36 heavy (non-hydrogen) atoms. The van der Waals surface area contributed by atoms with Crippen LogP contribution in [0, 0.1) is 3.57 Å². The zero-order valence-electron chi connectivity index (χ0n) is 20.2. The van der Waals surface area contributed by atoms with Crippen LogP contribution in [-0.4, -0.2) is 72.8 Å². The number of ether oxygens (including phenoxy) is 2. The number of carbonyl (C=O) groups is 3. The number of anilines is 1. The molecule has 2 aliphatic heterocycles. The van der Waals surface area contributed by atoms with E-state index in [1.165, 1.54) is 0 Å². The number of thioether (sulfide) groups is 1. The molecule has 0 N–H and O–H groups in total. The molecule has 0 atom stereocenters. The zero-order chi connectivity index (χ0) is 25.7. The molecular formula is C26H28IN3O5S. The highest BCUT2D eigenvalue weighted by molar-refractivity contribution is 14.1. The van der Waals surface area contributed by atoms with Crippen LogP contribution in [0.1, 0.15) is 19.4 Å². The Balaban J connectivity index is 1.41. The molecule has 0 radical (unpaired) electrons. The number of rotatable bonds is 8. The van der Waals surface area contributed by atoms with Crippen molar-refractivity contribution in [3.8, 4) is 11.5 Å². The monoisotopic (exact) mass is 621 g/mol. The highest BCUT2D eigenvalue weighted by atomic mass is 127. The summed E-state index contributed by atoms with van der Waals surface area (Å²) in [6, 6.07) is 13.7. The zero-order valence-corrected chi connectivity index (χ0v) is 23.2. The van der Waals surface area contributed by atoms with Gasteiger partial charge < -0.3 is 19.3 Å². The molecule has 2 aliphatic rings. The van der Waals surface area contributed by atoms with E-state index in [1.54, 1.807) is 17.0 Å². The average molecular weight is 621 g/mol. The van der Waals surface area contributed by atoms with Crippen LogP contribution in [0.25, 0.3) is 6.08 Å². The Kier molecular flexibility index (Phi) is 8.78. The molecule has 0 aliphatic carbocycles. The molecular weight excluding hydrogens is 593 g/mol. The predicted molar refractivity (Wildman–Crippen MR) is 149 cm³/mol. The SMILES string of the molecule is CCOc1cc(/C=C2/SC(=O)N(CC(=O)N3CCN(c4ccccc4)CC3)C2=O)cc(I)c1OCC. The number of benzene rings is 2. The van der Waals surface area contributed by atoms with Gasteiger partial charge in [-0.05, 0) is 84.1 Å². The maximum Gasteiger partial charge on any atom is 0.294 e. The lowest BCUT2D eigenvalue weighted by molar-refractivity contribution is -0.136. The second kappa shape index (κ2) is 12.0. The molecule has 3 amide bonds. The van der Waals surface area contributed by atoms with Crippen molar-refractivity contribution in [2.75, 3.05) is 50.8 Å². The van der Waals surface area contributed by atoms with Crippen LogP contribution in [0.15, 0.2) is 47.4 Å². The quantitative estimate of drug-likeness (QED) is 0.318. The van der Waals surface area contributed by atoms with Gasteiger partial charge in [0.15, 0.2) is 11.5 Å². The Hall–Kier alpha value is -2.73. The van der Waals surface area contributed by atoms with E-state index in [0.717, 1.165) is 31.5 Å². The number of halogens is 1. The van der Waals surface area contributed by atoms with E-state index in [9.17, 15) is 14.4 Å². The van der Waals surface area contributed by atoms with Crippen LogP contribution in [0.5, 0.6) is 11.5 Å². The van der Waals surface area contributed by atoms with Crippen molar-refractivity contribution < 1.29 is 23.9 Å². The van der Waals surface area contributed by atoms with Gasteiger partial charge in [-0.3, -0.25) is 19.3 Å². The second-order valence-corrected chi connectivity index (χ2v) is 10.3. The van der Waals surface area contributed by atoms with Crippen molar-refractivity contribution in [1.29, 1.82) is 0 Å². The maximum atomic E-state index is 13.0. The topological polar surface area (TPSA) is 79.4 Å². The number of hydrogen-bond acceptors (Lipinski definition) is 7. The number of hydrogen-bond donors (Lipinski definition) is 0. The highest BCUT2D eigenvalue weighted by Crippen LogP contribution is 2.37. The molecule has 0 unspecified atom stereocenters. The molecule has 190 valence electrons. The average Bonchev–Trinajstić information content (AvgIpc) is 3.14. The van der Waals surface area contributed by atoms with Gasteiger partial charge in [-0.25, -0.2) is 0 Å². The van der Waals surface area contributed by atoms with Gasteiger partial charge in [0.05, 0.1) is 21.7 Å². The van der Waals surface area contributed by atoms with Crippen molar-refractivity contribution in [2.24, 2.45) is 0 Å². The van der Waals surface area contributed by atoms with Crippen LogP contribution < -0.4 is 14.4 Å². The highest BCUT2D eigenvalue weighted by Gasteiger charge is 2.37. The summed E-state index contributed by atoms with van der Waals surface area (Å²) in [5.41, 5.74) is 1.84. The third-order valence-electron chi connectivity index (χ3n) is 5.84. The van der Waals surface area contributed by atoms with Crippen molar-refractivity contribution in [2.45, 2.75) is 13.8 Å². The molecule has 10 heteroatoms. The van der Waals surface area contributed by atoms with E-state index < -0.39 is 11.1 Å². The van der Waals surface area contributed by atoms with Gasteiger partial charge in [0.1, 0.15) is 6.54 Å². The summed E-state index contributed by atoms with van der Waals surface area (Å²) in [4.78, 5) is 43.8. The Morgan fingerprint density at radius 2 is 1.72 bits per heavy atom. The smallest absolute Gasteiger partial charge is 0.294 e. The first kappa shape index (κ1) is 26.3. The predicted octanol–water partition coefficient (Wildman–Crippen LogP) is 4.47. The van der Waals surface area contributed by atoms with Gasteiger partial charge in [0, 0.05) is 31.9 Å². The first-order chi connectivity index (χ1) is 17.4. The molecule has 2 aromatic carbocycles. The maximum absolute atomic E-state index is 13.0. The first-order valence-corrected chi connectivity index (χ1v) is 13.7. The van der Waals surface area contributed by atoms with Crippen LogP contribution in [0.4, 0.5) is 10.5 Å². The van der Waals surface area contributed by atoms with Crippen molar-refractivity contribution in [3.63, 3.8) is 0 Å². The molecule has 2 heterocycles. The van der Waals surface area contributed by atoms with Gasteiger partial charge in [-0.15, -0.1) is 0 Å². The molecule has 0 spiro atoms. The summed E-state index contributed by atoms with van der Waals surface area (Å²) in [7, 11) is 0. The number of piperazine rings is 1. The van der Waals surface area contributed by atoms with Gasteiger partial charge in [0.2, 0.25) is 5.91 Å². The molecule has 2 aromatic rings. The van der Waals surface area contributed by atoms with Crippen molar-refractivity contribution in [1.82, 2.24) is 9.80 Å². The van der Waals surface area contributed by atoms with Gasteiger partial charge in [-0.2, -0.15) is 0 Å². The van der Waals surface area contributed by atoms with E-state index in [2.05, 4.69) is 27.5 Å². The lowest BCUT2D eigenvalue weighted by atomic mass is 10.2. The van der Waals surface area contributed by atoms with Crippen molar-refractivity contribution >= 4 is 63.2 Å². The lowest BCUT2D eigenvalue weighted by Crippen LogP contribution is -2.51. The van der Waals surface area contributed by atoms with Gasteiger partial charge in [-0.1, -0.05) is 18.2 Å². The fourth-order valence-electron chi connectivity index (χ4n) is 4.09. The molecule has 2 fully saturated rings. The van der Waals surface area contributed by atoms with Gasteiger partial charge in [0.25, 0.3) is 11.1 Å².